The number of hydrogen-bond donors (Lipinski definition) is 0. The molecule has 0 radical (unpaired) electrons. The molecule has 6 nitrogen and oxygen atoms in total. The SMILES string of the molecule is COC(=O)c1ccc(S(=O)(=O)N2CCSC(C)C2)o1. The van der Waals surface area contributed by atoms with Crippen LogP contribution in [0.2, 0.25) is 0 Å². The lowest BCUT2D eigenvalue weighted by molar-refractivity contribution is 0.0558. The molecule has 0 aliphatic carbocycles. The number of methoxy groups -OCH3 is 1. The van der Waals surface area contributed by atoms with Crippen LogP contribution in [0.3, 0.4) is 0 Å². The summed E-state index contributed by atoms with van der Waals surface area (Å²) >= 11 is 1.74. The van der Waals surface area contributed by atoms with Crippen molar-refractivity contribution in [2.24, 2.45) is 0 Å². The van der Waals surface area contributed by atoms with E-state index in [1.165, 1.54) is 23.5 Å². The van der Waals surface area contributed by atoms with Gasteiger partial charge in [-0.25, -0.2) is 13.2 Å². The average molecular weight is 305 g/mol. The van der Waals surface area contributed by atoms with E-state index in [-0.39, 0.29) is 16.1 Å². The van der Waals surface area contributed by atoms with E-state index >= 15 is 0 Å². The van der Waals surface area contributed by atoms with Crippen LogP contribution in [0, 0.1) is 0 Å². The van der Waals surface area contributed by atoms with Crippen molar-refractivity contribution in [3.05, 3.63) is 17.9 Å². The van der Waals surface area contributed by atoms with Crippen LogP contribution < -0.4 is 0 Å². The van der Waals surface area contributed by atoms with E-state index in [1.807, 2.05) is 6.92 Å². The van der Waals surface area contributed by atoms with Gasteiger partial charge >= 0.3 is 5.97 Å². The van der Waals surface area contributed by atoms with Crippen LogP contribution in [0.5, 0.6) is 0 Å². The van der Waals surface area contributed by atoms with E-state index in [0.717, 1.165) is 5.75 Å². The second-order valence-electron chi connectivity index (χ2n) is 4.15. The van der Waals surface area contributed by atoms with Crippen molar-refractivity contribution in [1.29, 1.82) is 0 Å². The second-order valence-corrected chi connectivity index (χ2v) is 7.57. The lowest BCUT2D eigenvalue weighted by Gasteiger charge is -2.28. The number of sulfonamides is 1. The van der Waals surface area contributed by atoms with Crippen molar-refractivity contribution in [1.82, 2.24) is 4.31 Å². The summed E-state index contributed by atoms with van der Waals surface area (Å²) in [6.45, 7) is 2.88. The first kappa shape index (κ1) is 14.4. The molecule has 1 saturated heterocycles. The van der Waals surface area contributed by atoms with Gasteiger partial charge in [-0.05, 0) is 12.1 Å². The molecule has 0 aromatic carbocycles. The van der Waals surface area contributed by atoms with Gasteiger partial charge in [-0.1, -0.05) is 6.92 Å². The zero-order chi connectivity index (χ0) is 14.0. The van der Waals surface area contributed by atoms with Crippen LogP contribution in [-0.4, -0.2) is 49.9 Å². The molecule has 1 fully saturated rings. The summed E-state index contributed by atoms with van der Waals surface area (Å²) in [7, 11) is -2.46. The van der Waals surface area contributed by atoms with Gasteiger partial charge in [0.15, 0.2) is 0 Å². The highest BCUT2D eigenvalue weighted by molar-refractivity contribution is 8.00. The third-order valence-corrected chi connectivity index (χ3v) is 5.64. The molecular weight excluding hydrogens is 290 g/mol. The maximum Gasteiger partial charge on any atom is 0.374 e. The highest BCUT2D eigenvalue weighted by atomic mass is 32.2. The minimum atomic E-state index is -3.67. The Labute approximate surface area is 116 Å². The fourth-order valence-corrected chi connectivity index (χ4v) is 4.47. The van der Waals surface area contributed by atoms with Crippen molar-refractivity contribution in [2.75, 3.05) is 26.0 Å². The topological polar surface area (TPSA) is 76.8 Å². The van der Waals surface area contributed by atoms with Crippen molar-refractivity contribution in [2.45, 2.75) is 17.3 Å². The highest BCUT2D eigenvalue weighted by Gasteiger charge is 2.32. The molecule has 0 N–H and O–H groups in total. The molecule has 1 atom stereocenters. The lowest BCUT2D eigenvalue weighted by Crippen LogP contribution is -2.40. The molecule has 2 rings (SSSR count). The fourth-order valence-electron chi connectivity index (χ4n) is 1.80. The Bertz CT molecular complexity index is 565. The maximum atomic E-state index is 12.3. The smallest absolute Gasteiger partial charge is 0.374 e. The Hall–Kier alpha value is -0.990. The minimum Gasteiger partial charge on any atom is -0.463 e. The quantitative estimate of drug-likeness (QED) is 0.781. The number of carbonyl (C=O) groups excluding carboxylic acids is 1. The minimum absolute atomic E-state index is 0.111. The van der Waals surface area contributed by atoms with Gasteiger partial charge in [0.25, 0.3) is 10.0 Å². The summed E-state index contributed by atoms with van der Waals surface area (Å²) in [4.78, 5) is 11.3. The van der Waals surface area contributed by atoms with E-state index in [9.17, 15) is 13.2 Å². The summed E-state index contributed by atoms with van der Waals surface area (Å²) < 4.78 is 35.6. The molecule has 8 heteroatoms. The molecule has 19 heavy (non-hydrogen) atoms. The molecule has 2 heterocycles. The number of esters is 1. The Kier molecular flexibility index (Phi) is 4.22. The summed E-state index contributed by atoms with van der Waals surface area (Å²) in [6, 6.07) is 2.59. The third kappa shape index (κ3) is 2.96. The molecule has 1 aromatic heterocycles. The van der Waals surface area contributed by atoms with E-state index in [1.54, 1.807) is 11.8 Å². The molecule has 0 amide bonds. The van der Waals surface area contributed by atoms with Gasteiger partial charge < -0.3 is 9.15 Å². The average Bonchev–Trinajstić information content (AvgIpc) is 2.88. The van der Waals surface area contributed by atoms with E-state index in [2.05, 4.69) is 4.74 Å². The third-order valence-electron chi connectivity index (χ3n) is 2.77. The Morgan fingerprint density at radius 2 is 2.26 bits per heavy atom. The van der Waals surface area contributed by atoms with E-state index < -0.39 is 16.0 Å². The highest BCUT2D eigenvalue weighted by Crippen LogP contribution is 2.25. The standard InChI is InChI=1S/C11H15NO5S2/c1-8-7-12(5-6-18-8)19(14,15)10-4-3-9(17-10)11(13)16-2/h3-4,8H,5-7H2,1-2H3. The monoisotopic (exact) mass is 305 g/mol. The van der Waals surface area contributed by atoms with Gasteiger partial charge in [0.2, 0.25) is 10.9 Å². The molecule has 0 saturated carbocycles. The predicted octanol–water partition coefficient (Wildman–Crippen LogP) is 1.19. The lowest BCUT2D eigenvalue weighted by atomic mass is 10.4. The maximum absolute atomic E-state index is 12.3. The number of rotatable bonds is 3. The number of ether oxygens (including phenoxy) is 1. The number of furan rings is 1. The van der Waals surface area contributed by atoms with Crippen LogP contribution in [0.4, 0.5) is 0 Å². The van der Waals surface area contributed by atoms with Crippen LogP contribution in [0.25, 0.3) is 0 Å². The molecule has 1 unspecified atom stereocenters. The summed E-state index contributed by atoms with van der Waals surface area (Å²) in [5.74, 6) is -0.0464. The van der Waals surface area contributed by atoms with Gasteiger partial charge in [0, 0.05) is 24.1 Å². The van der Waals surface area contributed by atoms with Crippen molar-refractivity contribution < 1.29 is 22.4 Å². The zero-order valence-electron chi connectivity index (χ0n) is 10.7. The second kappa shape index (κ2) is 5.56. The van der Waals surface area contributed by atoms with Gasteiger partial charge in [-0.2, -0.15) is 16.1 Å². The molecular formula is C11H15NO5S2. The Morgan fingerprint density at radius 1 is 1.53 bits per heavy atom. The molecule has 0 bridgehead atoms. The van der Waals surface area contributed by atoms with Gasteiger partial charge in [0.05, 0.1) is 7.11 Å². The van der Waals surface area contributed by atoms with Crippen molar-refractivity contribution in [3.8, 4) is 0 Å². The molecule has 1 aromatic rings. The number of thioether (sulfide) groups is 1. The molecule has 0 spiro atoms. The Balaban J connectivity index is 2.24. The summed E-state index contributed by atoms with van der Waals surface area (Å²) in [6.07, 6.45) is 0. The molecule has 106 valence electrons. The molecule has 1 aliphatic rings. The Morgan fingerprint density at radius 3 is 2.89 bits per heavy atom. The van der Waals surface area contributed by atoms with Crippen LogP contribution in [0.1, 0.15) is 17.5 Å². The van der Waals surface area contributed by atoms with Gasteiger partial charge in [-0.3, -0.25) is 0 Å². The summed E-state index contributed by atoms with van der Waals surface area (Å²) in [5, 5.41) is 0.0329. The van der Waals surface area contributed by atoms with Crippen LogP contribution in [0.15, 0.2) is 21.6 Å². The zero-order valence-corrected chi connectivity index (χ0v) is 12.3. The van der Waals surface area contributed by atoms with Crippen molar-refractivity contribution in [3.63, 3.8) is 0 Å². The first-order valence-corrected chi connectivity index (χ1v) is 8.24. The van der Waals surface area contributed by atoms with Gasteiger partial charge in [0.1, 0.15) is 0 Å². The fraction of sp³-hybridized carbons (Fsp3) is 0.545. The van der Waals surface area contributed by atoms with E-state index in [4.69, 9.17) is 4.42 Å². The van der Waals surface area contributed by atoms with Crippen LogP contribution >= 0.6 is 11.8 Å². The van der Waals surface area contributed by atoms with Crippen LogP contribution in [-0.2, 0) is 14.8 Å². The molecule has 1 aliphatic heterocycles. The van der Waals surface area contributed by atoms with Crippen molar-refractivity contribution >= 4 is 27.8 Å². The largest absolute Gasteiger partial charge is 0.463 e. The van der Waals surface area contributed by atoms with E-state index in [0.29, 0.717) is 13.1 Å². The first-order chi connectivity index (χ1) is 8.95. The predicted molar refractivity (Wildman–Crippen MR) is 70.7 cm³/mol. The van der Waals surface area contributed by atoms with Gasteiger partial charge in [-0.15, -0.1) is 0 Å². The normalized spacial score (nSPS) is 21.3. The first-order valence-electron chi connectivity index (χ1n) is 5.75. The number of nitrogens with zero attached hydrogens (tertiary/aromatic N) is 1. The summed E-state index contributed by atoms with van der Waals surface area (Å²) in [5.41, 5.74) is 0. The number of carbonyl (C=O) groups is 1. The number of hydrogen-bond acceptors (Lipinski definition) is 6.